The zero-order valence-corrected chi connectivity index (χ0v) is 16.1. The van der Waals surface area contributed by atoms with Crippen LogP contribution in [0, 0.1) is 18.8 Å². The summed E-state index contributed by atoms with van der Waals surface area (Å²) in [5, 5.41) is 3.17. The number of imidazole rings is 1. The van der Waals surface area contributed by atoms with E-state index in [1.54, 1.807) is 0 Å². The van der Waals surface area contributed by atoms with Gasteiger partial charge in [-0.1, -0.05) is 13.0 Å². The van der Waals surface area contributed by atoms with Gasteiger partial charge in [-0.25, -0.2) is 4.98 Å². The number of aromatic amines is 1. The van der Waals surface area contributed by atoms with E-state index in [1.807, 2.05) is 17.0 Å². The van der Waals surface area contributed by atoms with Crippen LogP contribution in [0.3, 0.4) is 0 Å². The zero-order valence-electron chi connectivity index (χ0n) is 16.1. The first-order valence-corrected chi connectivity index (χ1v) is 10.1. The molecule has 27 heavy (non-hydrogen) atoms. The van der Waals surface area contributed by atoms with Crippen LogP contribution in [0.15, 0.2) is 18.2 Å². The number of nitrogens with zero attached hydrogens (tertiary/aromatic N) is 2. The van der Waals surface area contributed by atoms with Crippen molar-refractivity contribution < 1.29 is 9.59 Å². The summed E-state index contributed by atoms with van der Waals surface area (Å²) in [6.45, 7) is 5.52. The molecule has 6 nitrogen and oxygen atoms in total. The van der Waals surface area contributed by atoms with E-state index in [9.17, 15) is 9.59 Å². The molecule has 1 saturated heterocycles. The van der Waals surface area contributed by atoms with Crippen molar-refractivity contribution in [3.63, 3.8) is 0 Å². The average molecular weight is 368 g/mol. The molecule has 2 amide bonds. The number of hydrogen-bond donors (Lipinski definition) is 2. The molecule has 0 radical (unpaired) electrons. The SMILES string of the molecule is CC[C@@H](NC(=O)C1CCN(C(=O)C2CC2)CC1)c1nc2ccc(C)cc2[nH]1. The second kappa shape index (κ2) is 7.33. The van der Waals surface area contributed by atoms with Gasteiger partial charge in [0.15, 0.2) is 0 Å². The number of amides is 2. The first kappa shape index (κ1) is 18.0. The van der Waals surface area contributed by atoms with Crippen LogP contribution in [0.5, 0.6) is 0 Å². The molecule has 0 unspecified atom stereocenters. The number of carbonyl (C=O) groups excluding carboxylic acids is 2. The molecule has 2 aromatic rings. The molecular weight excluding hydrogens is 340 g/mol. The minimum atomic E-state index is -0.115. The van der Waals surface area contributed by atoms with Gasteiger partial charge in [0.1, 0.15) is 5.82 Å². The Labute approximate surface area is 159 Å². The summed E-state index contributed by atoms with van der Waals surface area (Å²) in [7, 11) is 0. The van der Waals surface area contributed by atoms with E-state index in [0.29, 0.717) is 13.1 Å². The number of aromatic nitrogens is 2. The number of nitrogens with one attached hydrogen (secondary N) is 2. The highest BCUT2D eigenvalue weighted by molar-refractivity contribution is 5.82. The maximum absolute atomic E-state index is 12.8. The molecule has 2 N–H and O–H groups in total. The van der Waals surface area contributed by atoms with Crippen molar-refractivity contribution in [1.29, 1.82) is 0 Å². The van der Waals surface area contributed by atoms with Crippen molar-refractivity contribution in [2.24, 2.45) is 11.8 Å². The van der Waals surface area contributed by atoms with Gasteiger partial charge in [-0.3, -0.25) is 9.59 Å². The average Bonchev–Trinajstić information content (AvgIpc) is 3.45. The van der Waals surface area contributed by atoms with Gasteiger partial charge in [-0.05, 0) is 56.7 Å². The molecule has 1 aliphatic heterocycles. The number of rotatable bonds is 5. The largest absolute Gasteiger partial charge is 0.346 e. The number of aryl methyl sites for hydroxylation is 1. The highest BCUT2D eigenvalue weighted by Gasteiger charge is 2.36. The number of benzene rings is 1. The van der Waals surface area contributed by atoms with E-state index < -0.39 is 0 Å². The minimum Gasteiger partial charge on any atom is -0.346 e. The Morgan fingerprint density at radius 3 is 2.63 bits per heavy atom. The molecular formula is C21H28N4O2. The Hall–Kier alpha value is -2.37. The molecule has 2 heterocycles. The molecule has 1 aliphatic carbocycles. The van der Waals surface area contributed by atoms with Crippen molar-refractivity contribution in [1.82, 2.24) is 20.2 Å². The van der Waals surface area contributed by atoms with Gasteiger partial charge in [-0.15, -0.1) is 0 Å². The number of likely N-dealkylation sites (tertiary alicyclic amines) is 1. The van der Waals surface area contributed by atoms with E-state index in [2.05, 4.69) is 35.2 Å². The number of hydrogen-bond acceptors (Lipinski definition) is 3. The summed E-state index contributed by atoms with van der Waals surface area (Å²) in [6.07, 6.45) is 4.35. The summed E-state index contributed by atoms with van der Waals surface area (Å²) < 4.78 is 0. The summed E-state index contributed by atoms with van der Waals surface area (Å²) in [4.78, 5) is 34.9. The summed E-state index contributed by atoms with van der Waals surface area (Å²) in [6, 6.07) is 6.01. The van der Waals surface area contributed by atoms with E-state index in [4.69, 9.17) is 0 Å². The lowest BCUT2D eigenvalue weighted by atomic mass is 9.95. The van der Waals surface area contributed by atoms with Crippen LogP contribution in [0.25, 0.3) is 11.0 Å². The van der Waals surface area contributed by atoms with Gasteiger partial charge in [0.05, 0.1) is 17.1 Å². The van der Waals surface area contributed by atoms with Gasteiger partial charge < -0.3 is 15.2 Å². The van der Waals surface area contributed by atoms with Gasteiger partial charge in [0.2, 0.25) is 11.8 Å². The minimum absolute atomic E-state index is 0.0195. The van der Waals surface area contributed by atoms with Crippen molar-refractivity contribution in [2.45, 2.75) is 52.0 Å². The molecule has 144 valence electrons. The van der Waals surface area contributed by atoms with Crippen LogP contribution in [0.2, 0.25) is 0 Å². The Morgan fingerprint density at radius 1 is 1.22 bits per heavy atom. The van der Waals surface area contributed by atoms with Crippen LogP contribution in [0.1, 0.15) is 56.5 Å². The van der Waals surface area contributed by atoms with Crippen LogP contribution in [-0.4, -0.2) is 39.8 Å². The predicted octanol–water partition coefficient (Wildman–Crippen LogP) is 3.09. The van der Waals surface area contributed by atoms with E-state index >= 15 is 0 Å². The molecule has 1 atom stereocenters. The molecule has 2 aliphatic rings. The number of fused-ring (bicyclic) bond motifs is 1. The lowest BCUT2D eigenvalue weighted by molar-refractivity contribution is -0.136. The van der Waals surface area contributed by atoms with Crippen molar-refractivity contribution in [3.05, 3.63) is 29.6 Å². The molecule has 1 saturated carbocycles. The monoisotopic (exact) mass is 368 g/mol. The Morgan fingerprint density at radius 2 is 1.96 bits per heavy atom. The quantitative estimate of drug-likeness (QED) is 0.851. The van der Waals surface area contributed by atoms with Crippen molar-refractivity contribution in [2.75, 3.05) is 13.1 Å². The van der Waals surface area contributed by atoms with Crippen LogP contribution < -0.4 is 5.32 Å². The third-order valence-electron chi connectivity index (χ3n) is 5.81. The van der Waals surface area contributed by atoms with Gasteiger partial charge in [-0.2, -0.15) is 0 Å². The maximum Gasteiger partial charge on any atom is 0.225 e. The molecule has 1 aromatic heterocycles. The first-order chi connectivity index (χ1) is 13.0. The van der Waals surface area contributed by atoms with Gasteiger partial charge in [0.25, 0.3) is 0 Å². The molecule has 6 heteroatoms. The summed E-state index contributed by atoms with van der Waals surface area (Å²) in [5.41, 5.74) is 3.11. The molecule has 4 rings (SSSR count). The van der Waals surface area contributed by atoms with E-state index in [0.717, 1.165) is 49.0 Å². The first-order valence-electron chi connectivity index (χ1n) is 10.1. The highest BCUT2D eigenvalue weighted by Crippen LogP contribution is 2.32. The number of carbonyl (C=O) groups is 2. The third-order valence-corrected chi connectivity index (χ3v) is 5.81. The van der Waals surface area contributed by atoms with Gasteiger partial charge >= 0.3 is 0 Å². The second-order valence-corrected chi connectivity index (χ2v) is 7.99. The smallest absolute Gasteiger partial charge is 0.225 e. The number of H-pyrrole nitrogens is 1. The van der Waals surface area contributed by atoms with Crippen LogP contribution in [0.4, 0.5) is 0 Å². The Bertz CT molecular complexity index is 847. The number of piperidine rings is 1. The van der Waals surface area contributed by atoms with Gasteiger partial charge in [0, 0.05) is 24.9 Å². The molecule has 1 aromatic carbocycles. The molecule has 0 bridgehead atoms. The maximum atomic E-state index is 12.8. The second-order valence-electron chi connectivity index (χ2n) is 7.99. The zero-order chi connectivity index (χ0) is 19.0. The van der Waals surface area contributed by atoms with E-state index in [-0.39, 0.29) is 29.7 Å². The fraction of sp³-hybridized carbons (Fsp3) is 0.571. The highest BCUT2D eigenvalue weighted by atomic mass is 16.2. The topological polar surface area (TPSA) is 78.1 Å². The normalized spacial score (nSPS) is 19.3. The van der Waals surface area contributed by atoms with E-state index in [1.165, 1.54) is 5.56 Å². The summed E-state index contributed by atoms with van der Waals surface area (Å²) in [5.74, 6) is 1.42. The standard InChI is InChI=1S/C21H28N4O2/c1-3-16(19-22-17-7-4-13(2)12-18(17)23-19)24-20(26)14-8-10-25(11-9-14)21(27)15-5-6-15/h4,7,12,14-16H,3,5-6,8-11H2,1-2H3,(H,22,23)(H,24,26)/t16-/m1/s1. The van der Waals surface area contributed by atoms with Crippen molar-refractivity contribution >= 4 is 22.8 Å². The summed E-state index contributed by atoms with van der Waals surface area (Å²) >= 11 is 0. The Kier molecular flexibility index (Phi) is 4.89. The third kappa shape index (κ3) is 3.84. The lowest BCUT2D eigenvalue weighted by Gasteiger charge is -2.32. The molecule has 0 spiro atoms. The van der Waals surface area contributed by atoms with Crippen molar-refractivity contribution in [3.8, 4) is 0 Å². The van der Waals surface area contributed by atoms with Crippen LogP contribution >= 0.6 is 0 Å². The fourth-order valence-electron chi connectivity index (χ4n) is 3.91. The Balaban J connectivity index is 1.37. The fourth-order valence-corrected chi connectivity index (χ4v) is 3.91. The lowest BCUT2D eigenvalue weighted by Crippen LogP contribution is -2.44. The molecule has 2 fully saturated rings. The van der Waals surface area contributed by atoms with Crippen LogP contribution in [-0.2, 0) is 9.59 Å². The predicted molar refractivity (Wildman–Crippen MR) is 104 cm³/mol.